The fraction of sp³-hybridized carbons (Fsp3) is 0.900. The van der Waals surface area contributed by atoms with Crippen molar-refractivity contribution in [2.75, 3.05) is 6.54 Å². The summed E-state index contributed by atoms with van der Waals surface area (Å²) in [7, 11) is 0. The van der Waals surface area contributed by atoms with Crippen LogP contribution in [0.2, 0.25) is 0 Å². The molecule has 1 aliphatic heterocycles. The molecule has 0 bridgehead atoms. The first-order chi connectivity index (χ1) is 6.20. The van der Waals surface area contributed by atoms with Gasteiger partial charge in [0.15, 0.2) is 0 Å². The molecule has 1 N–H and O–H groups in total. The van der Waals surface area contributed by atoms with Gasteiger partial charge in [-0.05, 0) is 38.6 Å². The Morgan fingerprint density at radius 3 is 2.77 bits per heavy atom. The maximum Gasteiger partial charge on any atom is 0.324 e. The highest BCUT2D eigenvalue weighted by atomic mass is 16.4. The number of aliphatic carboxylic acids is 1. The van der Waals surface area contributed by atoms with E-state index in [0.717, 1.165) is 25.8 Å². The van der Waals surface area contributed by atoms with E-state index in [2.05, 4.69) is 4.90 Å². The van der Waals surface area contributed by atoms with Crippen LogP contribution in [-0.4, -0.2) is 34.1 Å². The van der Waals surface area contributed by atoms with Gasteiger partial charge in [0, 0.05) is 6.04 Å². The third-order valence-electron chi connectivity index (χ3n) is 3.51. The highest BCUT2D eigenvalue weighted by molar-refractivity contribution is 5.79. The summed E-state index contributed by atoms with van der Waals surface area (Å²) in [5, 5.41) is 9.27. The largest absolute Gasteiger partial charge is 0.480 e. The minimum atomic E-state index is -0.612. The van der Waals surface area contributed by atoms with E-state index in [1.165, 1.54) is 12.8 Å². The lowest BCUT2D eigenvalue weighted by molar-refractivity contribution is -0.150. The van der Waals surface area contributed by atoms with Crippen LogP contribution in [0.1, 0.15) is 39.0 Å². The molecule has 1 unspecified atom stereocenters. The Bertz CT molecular complexity index is 225. The van der Waals surface area contributed by atoms with E-state index in [4.69, 9.17) is 0 Å². The van der Waals surface area contributed by atoms with Crippen molar-refractivity contribution in [2.45, 2.75) is 50.6 Å². The molecule has 13 heavy (non-hydrogen) atoms. The minimum Gasteiger partial charge on any atom is -0.480 e. The molecule has 2 fully saturated rings. The van der Waals surface area contributed by atoms with Crippen LogP contribution in [0.25, 0.3) is 0 Å². The zero-order valence-electron chi connectivity index (χ0n) is 8.12. The van der Waals surface area contributed by atoms with Crippen LogP contribution in [0, 0.1) is 0 Å². The Morgan fingerprint density at radius 2 is 2.31 bits per heavy atom. The first-order valence-electron chi connectivity index (χ1n) is 5.21. The first kappa shape index (κ1) is 9.00. The van der Waals surface area contributed by atoms with Crippen molar-refractivity contribution >= 4 is 5.97 Å². The Labute approximate surface area is 78.7 Å². The van der Waals surface area contributed by atoms with Gasteiger partial charge >= 0.3 is 5.97 Å². The molecule has 3 nitrogen and oxygen atoms in total. The summed E-state index contributed by atoms with van der Waals surface area (Å²) in [5.74, 6) is -0.612. The van der Waals surface area contributed by atoms with Crippen molar-refractivity contribution in [3.05, 3.63) is 0 Å². The van der Waals surface area contributed by atoms with Crippen molar-refractivity contribution in [3.63, 3.8) is 0 Å². The monoisotopic (exact) mass is 183 g/mol. The summed E-state index contributed by atoms with van der Waals surface area (Å²) >= 11 is 0. The molecule has 74 valence electrons. The van der Waals surface area contributed by atoms with Crippen LogP contribution in [0.3, 0.4) is 0 Å². The number of likely N-dealkylation sites (tertiary alicyclic amines) is 1. The van der Waals surface area contributed by atoms with Gasteiger partial charge in [-0.2, -0.15) is 0 Å². The summed E-state index contributed by atoms with van der Waals surface area (Å²) in [4.78, 5) is 13.5. The van der Waals surface area contributed by atoms with Gasteiger partial charge in [-0.15, -0.1) is 0 Å². The highest BCUT2D eigenvalue weighted by Crippen LogP contribution is 2.41. The van der Waals surface area contributed by atoms with Gasteiger partial charge in [0.25, 0.3) is 0 Å². The summed E-state index contributed by atoms with van der Waals surface area (Å²) in [5.41, 5.74) is -0.513. The molecule has 1 aliphatic carbocycles. The molecule has 1 heterocycles. The standard InChI is InChI=1S/C10H17NO2/c1-2-10(9(12)13)6-3-7-11(10)8-4-5-8/h8H,2-7H2,1H3,(H,12,13). The van der Waals surface area contributed by atoms with Crippen LogP contribution in [0.4, 0.5) is 0 Å². The average Bonchev–Trinajstić information content (AvgIpc) is 2.85. The summed E-state index contributed by atoms with van der Waals surface area (Å²) < 4.78 is 0. The lowest BCUT2D eigenvalue weighted by Gasteiger charge is -2.33. The fourth-order valence-electron chi connectivity index (χ4n) is 2.58. The molecule has 1 saturated carbocycles. The molecule has 0 aromatic carbocycles. The molecular weight excluding hydrogens is 166 g/mol. The Balaban J connectivity index is 2.20. The van der Waals surface area contributed by atoms with Crippen LogP contribution >= 0.6 is 0 Å². The fourth-order valence-corrected chi connectivity index (χ4v) is 2.58. The van der Waals surface area contributed by atoms with Crippen LogP contribution < -0.4 is 0 Å². The summed E-state index contributed by atoms with van der Waals surface area (Å²) in [6.07, 6.45) is 5.05. The zero-order valence-corrected chi connectivity index (χ0v) is 8.12. The second kappa shape index (κ2) is 2.98. The van der Waals surface area contributed by atoms with E-state index >= 15 is 0 Å². The van der Waals surface area contributed by atoms with Crippen molar-refractivity contribution in [3.8, 4) is 0 Å². The summed E-state index contributed by atoms with van der Waals surface area (Å²) in [6, 6.07) is 0.582. The van der Waals surface area contributed by atoms with E-state index in [1.807, 2.05) is 6.92 Å². The topological polar surface area (TPSA) is 40.5 Å². The number of carboxylic acids is 1. The van der Waals surface area contributed by atoms with Gasteiger partial charge < -0.3 is 5.11 Å². The summed E-state index contributed by atoms with van der Waals surface area (Å²) in [6.45, 7) is 2.99. The minimum absolute atomic E-state index is 0.513. The SMILES string of the molecule is CCC1(C(=O)O)CCCN1C1CC1. The molecule has 0 aromatic rings. The van der Waals surface area contributed by atoms with Gasteiger partial charge in [0.2, 0.25) is 0 Å². The lowest BCUT2D eigenvalue weighted by Crippen LogP contribution is -2.51. The van der Waals surface area contributed by atoms with Crippen molar-refractivity contribution in [2.24, 2.45) is 0 Å². The van der Waals surface area contributed by atoms with Crippen molar-refractivity contribution in [1.82, 2.24) is 4.90 Å². The first-order valence-corrected chi connectivity index (χ1v) is 5.21. The van der Waals surface area contributed by atoms with Crippen molar-refractivity contribution in [1.29, 1.82) is 0 Å². The number of hydrogen-bond acceptors (Lipinski definition) is 2. The zero-order chi connectivity index (χ0) is 9.47. The Hall–Kier alpha value is -0.570. The maximum atomic E-state index is 11.3. The maximum absolute atomic E-state index is 11.3. The van der Waals surface area contributed by atoms with E-state index in [9.17, 15) is 9.90 Å². The predicted octanol–water partition coefficient (Wildman–Crippen LogP) is 1.48. The quantitative estimate of drug-likeness (QED) is 0.720. The smallest absolute Gasteiger partial charge is 0.324 e. The molecule has 1 saturated heterocycles. The molecule has 2 rings (SSSR count). The van der Waals surface area contributed by atoms with Gasteiger partial charge in [0.1, 0.15) is 5.54 Å². The molecule has 0 aromatic heterocycles. The molecule has 3 heteroatoms. The Kier molecular flexibility index (Phi) is 2.06. The molecular formula is C10H17NO2. The van der Waals surface area contributed by atoms with Crippen LogP contribution in [0.15, 0.2) is 0 Å². The number of carboxylic acid groups (broad SMARTS) is 1. The number of nitrogens with zero attached hydrogens (tertiary/aromatic N) is 1. The second-order valence-electron chi connectivity index (χ2n) is 4.22. The Morgan fingerprint density at radius 1 is 1.62 bits per heavy atom. The van der Waals surface area contributed by atoms with Gasteiger partial charge in [0.05, 0.1) is 0 Å². The molecule has 0 amide bonds. The third-order valence-corrected chi connectivity index (χ3v) is 3.51. The van der Waals surface area contributed by atoms with E-state index in [0.29, 0.717) is 6.04 Å². The number of rotatable bonds is 3. The number of hydrogen-bond donors (Lipinski definition) is 1. The van der Waals surface area contributed by atoms with E-state index < -0.39 is 11.5 Å². The molecule has 2 aliphatic rings. The average molecular weight is 183 g/mol. The molecule has 0 spiro atoms. The van der Waals surface area contributed by atoms with Crippen LogP contribution in [0.5, 0.6) is 0 Å². The van der Waals surface area contributed by atoms with E-state index in [-0.39, 0.29) is 0 Å². The lowest BCUT2D eigenvalue weighted by atomic mass is 9.93. The second-order valence-corrected chi connectivity index (χ2v) is 4.22. The van der Waals surface area contributed by atoms with Gasteiger partial charge in [-0.3, -0.25) is 9.69 Å². The molecule has 1 atom stereocenters. The van der Waals surface area contributed by atoms with Gasteiger partial charge in [-0.25, -0.2) is 0 Å². The normalized spacial score (nSPS) is 35.2. The van der Waals surface area contributed by atoms with E-state index in [1.54, 1.807) is 0 Å². The molecule has 0 radical (unpaired) electrons. The van der Waals surface area contributed by atoms with Gasteiger partial charge in [-0.1, -0.05) is 6.92 Å². The number of carbonyl (C=O) groups is 1. The van der Waals surface area contributed by atoms with Crippen molar-refractivity contribution < 1.29 is 9.90 Å². The van der Waals surface area contributed by atoms with Crippen LogP contribution in [-0.2, 0) is 4.79 Å². The predicted molar refractivity (Wildman–Crippen MR) is 49.6 cm³/mol. The highest BCUT2D eigenvalue weighted by Gasteiger charge is 2.51. The third kappa shape index (κ3) is 1.26.